The Labute approximate surface area is 105 Å². The Kier molecular flexibility index (Phi) is 5.75. The maximum absolute atomic E-state index is 5.96. The van der Waals surface area contributed by atoms with Crippen molar-refractivity contribution in [2.75, 3.05) is 13.2 Å². The molecule has 3 nitrogen and oxygen atoms in total. The van der Waals surface area contributed by atoms with Crippen molar-refractivity contribution < 1.29 is 14.2 Å². The summed E-state index contributed by atoms with van der Waals surface area (Å²) in [6.45, 7) is 3.32. The third-order valence-corrected chi connectivity index (χ3v) is 3.77. The van der Waals surface area contributed by atoms with E-state index in [0.29, 0.717) is 25.4 Å². The van der Waals surface area contributed by atoms with Gasteiger partial charge in [-0.15, -0.1) is 0 Å². The summed E-state index contributed by atoms with van der Waals surface area (Å²) >= 11 is 0. The van der Waals surface area contributed by atoms with E-state index in [1.165, 1.54) is 51.4 Å². The lowest BCUT2D eigenvalue weighted by Gasteiger charge is -2.23. The fourth-order valence-corrected chi connectivity index (χ4v) is 2.82. The number of ether oxygens (including phenoxy) is 3. The standard InChI is InChI=1S/C14H26O3/c1-2-15-14(17-13-9-5-6-10-13)11-16-12-7-3-4-8-12/h12-14H,2-11H2,1H3. The fraction of sp³-hybridized carbons (Fsp3) is 1.00. The highest BCUT2D eigenvalue weighted by Crippen LogP contribution is 2.24. The molecule has 3 heteroatoms. The van der Waals surface area contributed by atoms with Gasteiger partial charge in [0.05, 0.1) is 18.8 Å². The van der Waals surface area contributed by atoms with Crippen molar-refractivity contribution in [3.8, 4) is 0 Å². The van der Waals surface area contributed by atoms with Crippen LogP contribution in [-0.2, 0) is 14.2 Å². The first-order valence-electron chi connectivity index (χ1n) is 7.27. The molecule has 2 fully saturated rings. The van der Waals surface area contributed by atoms with Crippen molar-refractivity contribution in [3.63, 3.8) is 0 Å². The zero-order valence-corrected chi connectivity index (χ0v) is 11.0. The third-order valence-electron chi connectivity index (χ3n) is 3.77. The van der Waals surface area contributed by atoms with Crippen LogP contribution in [-0.4, -0.2) is 31.7 Å². The SMILES string of the molecule is CCOC(COC1CCCC1)OC1CCCC1. The van der Waals surface area contributed by atoms with Gasteiger partial charge in [-0.1, -0.05) is 25.7 Å². The van der Waals surface area contributed by atoms with Crippen molar-refractivity contribution >= 4 is 0 Å². The molecule has 0 bridgehead atoms. The molecule has 1 atom stereocenters. The Bertz CT molecular complexity index is 196. The van der Waals surface area contributed by atoms with Crippen LogP contribution in [0.3, 0.4) is 0 Å². The summed E-state index contributed by atoms with van der Waals surface area (Å²) < 4.78 is 17.5. The van der Waals surface area contributed by atoms with Crippen LogP contribution in [0.15, 0.2) is 0 Å². The zero-order chi connectivity index (χ0) is 11.9. The average Bonchev–Trinajstić information content (AvgIpc) is 2.99. The first-order chi connectivity index (χ1) is 8.38. The molecular formula is C14H26O3. The smallest absolute Gasteiger partial charge is 0.181 e. The Balaban J connectivity index is 1.67. The van der Waals surface area contributed by atoms with E-state index >= 15 is 0 Å². The van der Waals surface area contributed by atoms with Gasteiger partial charge in [-0.3, -0.25) is 0 Å². The van der Waals surface area contributed by atoms with Crippen LogP contribution in [0.1, 0.15) is 58.3 Å². The van der Waals surface area contributed by atoms with Crippen LogP contribution >= 0.6 is 0 Å². The van der Waals surface area contributed by atoms with Gasteiger partial charge >= 0.3 is 0 Å². The van der Waals surface area contributed by atoms with Gasteiger partial charge in [-0.2, -0.15) is 0 Å². The number of hydrogen-bond acceptors (Lipinski definition) is 3. The molecule has 17 heavy (non-hydrogen) atoms. The molecule has 100 valence electrons. The zero-order valence-electron chi connectivity index (χ0n) is 11.0. The van der Waals surface area contributed by atoms with Gasteiger partial charge in [0.15, 0.2) is 6.29 Å². The van der Waals surface area contributed by atoms with E-state index < -0.39 is 0 Å². The first kappa shape index (κ1) is 13.3. The van der Waals surface area contributed by atoms with Crippen molar-refractivity contribution in [2.24, 2.45) is 0 Å². The van der Waals surface area contributed by atoms with E-state index in [-0.39, 0.29) is 6.29 Å². The number of rotatable bonds is 7. The Morgan fingerprint density at radius 1 is 0.941 bits per heavy atom. The van der Waals surface area contributed by atoms with Crippen LogP contribution in [0, 0.1) is 0 Å². The topological polar surface area (TPSA) is 27.7 Å². The van der Waals surface area contributed by atoms with E-state index in [4.69, 9.17) is 14.2 Å². The number of hydrogen-bond donors (Lipinski definition) is 0. The molecule has 0 amide bonds. The minimum absolute atomic E-state index is 0.149. The molecule has 1 unspecified atom stereocenters. The molecule has 0 heterocycles. The van der Waals surface area contributed by atoms with Crippen molar-refractivity contribution in [1.29, 1.82) is 0 Å². The highest BCUT2D eigenvalue weighted by atomic mass is 16.7. The molecule has 2 aliphatic rings. The third kappa shape index (κ3) is 4.57. The molecule has 0 N–H and O–H groups in total. The molecule has 0 saturated heterocycles. The Hall–Kier alpha value is -0.120. The van der Waals surface area contributed by atoms with Crippen LogP contribution in [0.4, 0.5) is 0 Å². The lowest BCUT2D eigenvalue weighted by molar-refractivity contribution is -0.198. The maximum atomic E-state index is 5.96. The summed E-state index contributed by atoms with van der Waals surface area (Å²) in [7, 11) is 0. The van der Waals surface area contributed by atoms with E-state index in [0.717, 1.165) is 0 Å². The second kappa shape index (κ2) is 7.34. The molecule has 0 aromatic rings. The van der Waals surface area contributed by atoms with Crippen molar-refractivity contribution in [3.05, 3.63) is 0 Å². The Morgan fingerprint density at radius 3 is 2.12 bits per heavy atom. The van der Waals surface area contributed by atoms with Crippen LogP contribution < -0.4 is 0 Å². The van der Waals surface area contributed by atoms with Crippen LogP contribution in [0.5, 0.6) is 0 Å². The molecule has 2 saturated carbocycles. The van der Waals surface area contributed by atoms with Crippen LogP contribution in [0.2, 0.25) is 0 Å². The molecule has 0 aromatic heterocycles. The summed E-state index contributed by atoms with van der Waals surface area (Å²) in [5.74, 6) is 0. The molecule has 0 spiro atoms. The maximum Gasteiger partial charge on any atom is 0.181 e. The average molecular weight is 242 g/mol. The van der Waals surface area contributed by atoms with Crippen molar-refractivity contribution in [2.45, 2.75) is 76.8 Å². The van der Waals surface area contributed by atoms with Gasteiger partial charge in [0.2, 0.25) is 0 Å². The van der Waals surface area contributed by atoms with E-state index in [2.05, 4.69) is 0 Å². The molecule has 0 radical (unpaired) electrons. The fourth-order valence-electron chi connectivity index (χ4n) is 2.82. The molecule has 2 aliphatic carbocycles. The molecule has 0 aliphatic heterocycles. The summed E-state index contributed by atoms with van der Waals surface area (Å²) in [6.07, 6.45) is 10.7. The predicted octanol–water partition coefficient (Wildman–Crippen LogP) is 3.27. The summed E-state index contributed by atoms with van der Waals surface area (Å²) in [5, 5.41) is 0. The highest BCUT2D eigenvalue weighted by molar-refractivity contribution is 4.69. The second-order valence-electron chi connectivity index (χ2n) is 5.17. The lowest BCUT2D eigenvalue weighted by Crippen LogP contribution is -2.29. The second-order valence-corrected chi connectivity index (χ2v) is 5.17. The normalized spacial score (nSPS) is 24.5. The van der Waals surface area contributed by atoms with Crippen molar-refractivity contribution in [1.82, 2.24) is 0 Å². The van der Waals surface area contributed by atoms with Gasteiger partial charge in [-0.05, 0) is 32.6 Å². The summed E-state index contributed by atoms with van der Waals surface area (Å²) in [4.78, 5) is 0. The van der Waals surface area contributed by atoms with Gasteiger partial charge in [0.1, 0.15) is 0 Å². The quantitative estimate of drug-likeness (QED) is 0.641. The summed E-state index contributed by atoms with van der Waals surface area (Å²) in [5.41, 5.74) is 0. The van der Waals surface area contributed by atoms with Gasteiger partial charge in [0, 0.05) is 6.61 Å². The predicted molar refractivity (Wildman–Crippen MR) is 67.0 cm³/mol. The Morgan fingerprint density at radius 2 is 1.53 bits per heavy atom. The molecular weight excluding hydrogens is 216 g/mol. The van der Waals surface area contributed by atoms with Gasteiger partial charge in [0.25, 0.3) is 0 Å². The minimum atomic E-state index is -0.149. The van der Waals surface area contributed by atoms with E-state index in [1.807, 2.05) is 6.92 Å². The van der Waals surface area contributed by atoms with E-state index in [1.54, 1.807) is 0 Å². The van der Waals surface area contributed by atoms with Gasteiger partial charge in [-0.25, -0.2) is 0 Å². The lowest BCUT2D eigenvalue weighted by atomic mass is 10.3. The molecule has 0 aromatic carbocycles. The van der Waals surface area contributed by atoms with Gasteiger partial charge < -0.3 is 14.2 Å². The van der Waals surface area contributed by atoms with E-state index in [9.17, 15) is 0 Å². The highest BCUT2D eigenvalue weighted by Gasteiger charge is 2.23. The minimum Gasteiger partial charge on any atom is -0.373 e. The largest absolute Gasteiger partial charge is 0.373 e. The summed E-state index contributed by atoms with van der Waals surface area (Å²) in [6, 6.07) is 0. The molecule has 2 rings (SSSR count). The first-order valence-corrected chi connectivity index (χ1v) is 7.27. The van der Waals surface area contributed by atoms with Crippen LogP contribution in [0.25, 0.3) is 0 Å². The monoisotopic (exact) mass is 242 g/mol.